The predicted molar refractivity (Wildman–Crippen MR) is 61.8 cm³/mol. The summed E-state index contributed by atoms with van der Waals surface area (Å²) in [5, 5.41) is 0. The molecule has 1 amide bonds. The summed E-state index contributed by atoms with van der Waals surface area (Å²) >= 11 is 0. The molecule has 0 aliphatic rings. The lowest BCUT2D eigenvalue weighted by atomic mass is 10.3. The number of hydrogen-bond donors (Lipinski definition) is 1. The fourth-order valence-electron chi connectivity index (χ4n) is 1.34. The maximum atomic E-state index is 9.47. The zero-order valence-corrected chi connectivity index (χ0v) is 10.0. The Kier molecular flexibility index (Phi) is 9.78. The van der Waals surface area contributed by atoms with E-state index >= 15 is 0 Å². The summed E-state index contributed by atoms with van der Waals surface area (Å²) in [6.45, 7) is 17.3. The molecule has 0 aromatic heterocycles. The van der Waals surface area contributed by atoms with Gasteiger partial charge in [0.25, 0.3) is 0 Å². The lowest BCUT2D eigenvalue weighted by molar-refractivity contribution is -0.921. The molecule has 14 heavy (non-hydrogen) atoms. The molecule has 0 fully saturated rings. The molecule has 0 unspecified atom stereocenters. The first kappa shape index (κ1) is 15.6. The van der Waals surface area contributed by atoms with E-state index < -0.39 is 5.91 Å². The molecule has 3 nitrogen and oxygen atoms in total. The van der Waals surface area contributed by atoms with Gasteiger partial charge < -0.3 is 10.2 Å². The van der Waals surface area contributed by atoms with Crippen LogP contribution in [0.4, 0.5) is 0 Å². The Balaban J connectivity index is 0. The topological polar surface area (TPSA) is 43.1 Å². The van der Waals surface area contributed by atoms with Crippen molar-refractivity contribution in [2.45, 2.75) is 27.7 Å². The standard InChI is InChI=1S/C8H20N.C3H5NO/c1-5-9(6-2,7-3)8-4;1-2-3(4)5/h5-8H2,1-4H3;2H,1H2,(H2,4,5)/q+1;. The van der Waals surface area contributed by atoms with Crippen molar-refractivity contribution >= 4 is 5.91 Å². The molecule has 0 heterocycles. The normalized spacial score (nSPS) is 10.0. The molecule has 0 atom stereocenters. The SMILES string of the molecule is C=CC(N)=O.CC[N+](CC)(CC)CC. The van der Waals surface area contributed by atoms with Gasteiger partial charge >= 0.3 is 0 Å². The Labute approximate surface area is 88.2 Å². The fourth-order valence-corrected chi connectivity index (χ4v) is 1.34. The number of primary amides is 1. The van der Waals surface area contributed by atoms with Crippen LogP contribution in [0.15, 0.2) is 12.7 Å². The van der Waals surface area contributed by atoms with Gasteiger partial charge in [0, 0.05) is 0 Å². The number of rotatable bonds is 5. The zero-order chi connectivity index (χ0) is 11.6. The van der Waals surface area contributed by atoms with Crippen LogP contribution in [0, 0.1) is 0 Å². The Bertz CT molecular complexity index is 145. The number of nitrogens with zero attached hydrogens (tertiary/aromatic N) is 1. The fraction of sp³-hybridized carbons (Fsp3) is 0.727. The summed E-state index contributed by atoms with van der Waals surface area (Å²) in [6.07, 6.45) is 1.06. The lowest BCUT2D eigenvalue weighted by Gasteiger charge is -2.34. The molecule has 0 saturated heterocycles. The highest BCUT2D eigenvalue weighted by molar-refractivity contribution is 5.84. The first-order valence-corrected chi connectivity index (χ1v) is 5.28. The number of nitrogens with two attached hydrogens (primary N) is 1. The minimum Gasteiger partial charge on any atom is -0.366 e. The number of carbonyl (C=O) groups excluding carboxylic acids is 1. The smallest absolute Gasteiger partial charge is 0.240 e. The highest BCUT2D eigenvalue weighted by Gasteiger charge is 2.16. The second kappa shape index (κ2) is 8.75. The number of hydrogen-bond acceptors (Lipinski definition) is 1. The van der Waals surface area contributed by atoms with Gasteiger partial charge in [-0.25, -0.2) is 0 Å². The van der Waals surface area contributed by atoms with Crippen LogP contribution in [0.3, 0.4) is 0 Å². The third kappa shape index (κ3) is 6.66. The Morgan fingerprint density at radius 3 is 1.36 bits per heavy atom. The van der Waals surface area contributed by atoms with Crippen LogP contribution in [0.2, 0.25) is 0 Å². The summed E-state index contributed by atoms with van der Waals surface area (Å²) in [7, 11) is 0. The third-order valence-electron chi connectivity index (χ3n) is 2.88. The van der Waals surface area contributed by atoms with Gasteiger partial charge in [-0.05, 0) is 33.8 Å². The van der Waals surface area contributed by atoms with Crippen LogP contribution in [0.25, 0.3) is 0 Å². The van der Waals surface area contributed by atoms with Crippen LogP contribution < -0.4 is 5.73 Å². The first-order chi connectivity index (χ1) is 6.51. The minimum atomic E-state index is -0.481. The monoisotopic (exact) mass is 201 g/mol. The van der Waals surface area contributed by atoms with Gasteiger partial charge in [-0.3, -0.25) is 4.79 Å². The summed E-state index contributed by atoms with van der Waals surface area (Å²) in [5.41, 5.74) is 4.53. The molecule has 0 saturated carbocycles. The van der Waals surface area contributed by atoms with E-state index in [0.717, 1.165) is 6.08 Å². The molecule has 3 heteroatoms. The van der Waals surface area contributed by atoms with Crippen molar-refractivity contribution in [3.8, 4) is 0 Å². The van der Waals surface area contributed by atoms with Crippen LogP contribution in [-0.4, -0.2) is 36.6 Å². The van der Waals surface area contributed by atoms with Crippen molar-refractivity contribution in [1.82, 2.24) is 0 Å². The predicted octanol–water partition coefficient (Wildman–Crippen LogP) is 1.54. The maximum absolute atomic E-state index is 9.47. The molecule has 0 spiro atoms. The van der Waals surface area contributed by atoms with Crippen LogP contribution in [0.5, 0.6) is 0 Å². The Morgan fingerprint density at radius 1 is 1.14 bits per heavy atom. The van der Waals surface area contributed by atoms with Gasteiger partial charge in [-0.15, -0.1) is 0 Å². The van der Waals surface area contributed by atoms with E-state index in [9.17, 15) is 4.79 Å². The van der Waals surface area contributed by atoms with Crippen LogP contribution in [0.1, 0.15) is 27.7 Å². The van der Waals surface area contributed by atoms with E-state index in [0.29, 0.717) is 0 Å². The lowest BCUT2D eigenvalue weighted by Crippen LogP contribution is -2.47. The molecular formula is C11H25N2O+. The molecule has 2 N–H and O–H groups in total. The summed E-state index contributed by atoms with van der Waals surface area (Å²) in [6, 6.07) is 0. The van der Waals surface area contributed by atoms with E-state index in [1.54, 1.807) is 0 Å². The van der Waals surface area contributed by atoms with E-state index in [4.69, 9.17) is 0 Å². The van der Waals surface area contributed by atoms with Crippen molar-refractivity contribution in [2.75, 3.05) is 26.2 Å². The maximum Gasteiger partial charge on any atom is 0.240 e. The van der Waals surface area contributed by atoms with Crippen molar-refractivity contribution in [1.29, 1.82) is 0 Å². The minimum absolute atomic E-state index is 0.481. The second-order valence-electron chi connectivity index (χ2n) is 3.21. The molecule has 0 radical (unpaired) electrons. The van der Waals surface area contributed by atoms with Gasteiger partial charge in [-0.2, -0.15) is 0 Å². The number of amides is 1. The number of quaternary nitrogens is 1. The van der Waals surface area contributed by atoms with Crippen molar-refractivity contribution in [3.05, 3.63) is 12.7 Å². The molecule has 0 rings (SSSR count). The van der Waals surface area contributed by atoms with Gasteiger partial charge in [0.2, 0.25) is 5.91 Å². The highest BCUT2D eigenvalue weighted by Crippen LogP contribution is 2.03. The van der Waals surface area contributed by atoms with Crippen LogP contribution in [-0.2, 0) is 4.79 Å². The quantitative estimate of drug-likeness (QED) is 0.532. The molecule has 0 aliphatic heterocycles. The van der Waals surface area contributed by atoms with Gasteiger partial charge in [0.05, 0.1) is 26.2 Å². The van der Waals surface area contributed by atoms with E-state index in [1.807, 2.05) is 0 Å². The van der Waals surface area contributed by atoms with Crippen molar-refractivity contribution in [3.63, 3.8) is 0 Å². The number of carbonyl (C=O) groups is 1. The molecule has 84 valence electrons. The van der Waals surface area contributed by atoms with E-state index in [1.165, 1.54) is 30.7 Å². The molecule has 0 bridgehead atoms. The molecule has 0 aromatic rings. The average Bonchev–Trinajstić information content (AvgIpc) is 2.23. The Hall–Kier alpha value is -0.830. The molecular weight excluding hydrogens is 176 g/mol. The van der Waals surface area contributed by atoms with Crippen molar-refractivity contribution in [2.24, 2.45) is 5.73 Å². The second-order valence-corrected chi connectivity index (χ2v) is 3.21. The molecule has 0 aliphatic carbocycles. The van der Waals surface area contributed by atoms with Gasteiger partial charge in [-0.1, -0.05) is 6.58 Å². The van der Waals surface area contributed by atoms with Crippen molar-refractivity contribution < 1.29 is 9.28 Å². The van der Waals surface area contributed by atoms with Gasteiger partial charge in [0.15, 0.2) is 0 Å². The Morgan fingerprint density at radius 2 is 1.36 bits per heavy atom. The largest absolute Gasteiger partial charge is 0.366 e. The summed E-state index contributed by atoms with van der Waals surface area (Å²) < 4.78 is 1.28. The first-order valence-electron chi connectivity index (χ1n) is 5.28. The van der Waals surface area contributed by atoms with Crippen LogP contribution >= 0.6 is 0 Å². The van der Waals surface area contributed by atoms with E-state index in [2.05, 4.69) is 40.0 Å². The summed E-state index contributed by atoms with van der Waals surface area (Å²) in [5.74, 6) is -0.481. The summed E-state index contributed by atoms with van der Waals surface area (Å²) in [4.78, 5) is 9.47. The highest BCUT2D eigenvalue weighted by atomic mass is 16.1. The average molecular weight is 201 g/mol. The third-order valence-corrected chi connectivity index (χ3v) is 2.88. The van der Waals surface area contributed by atoms with Gasteiger partial charge in [0.1, 0.15) is 0 Å². The molecule has 0 aromatic carbocycles. The zero-order valence-electron chi connectivity index (χ0n) is 10.0. The van der Waals surface area contributed by atoms with E-state index in [-0.39, 0.29) is 0 Å².